The standard InChI is InChI=1S/C22H25NO5/c1-6-28-22(24)21-14(2)23(19-10-9-16(25-3)11-18(19)21)13-15-7-8-17(26-4)12-20(15)27-5/h7-12H,6,13H2,1-5H3. The Bertz CT molecular complexity index is 1010. The van der Waals surface area contributed by atoms with E-state index in [0.717, 1.165) is 33.7 Å². The number of rotatable bonds is 7. The van der Waals surface area contributed by atoms with E-state index in [9.17, 15) is 4.79 Å². The summed E-state index contributed by atoms with van der Waals surface area (Å²) in [7, 11) is 4.86. The van der Waals surface area contributed by atoms with E-state index in [0.29, 0.717) is 24.5 Å². The van der Waals surface area contributed by atoms with Gasteiger partial charge in [0.25, 0.3) is 0 Å². The highest BCUT2D eigenvalue weighted by Crippen LogP contribution is 2.32. The van der Waals surface area contributed by atoms with E-state index in [1.807, 2.05) is 43.3 Å². The number of carbonyl (C=O) groups excluding carboxylic acids is 1. The van der Waals surface area contributed by atoms with Gasteiger partial charge in [-0.3, -0.25) is 0 Å². The Labute approximate surface area is 164 Å². The number of nitrogens with zero attached hydrogens (tertiary/aromatic N) is 1. The number of methoxy groups -OCH3 is 3. The normalized spacial score (nSPS) is 10.8. The highest BCUT2D eigenvalue weighted by atomic mass is 16.5. The van der Waals surface area contributed by atoms with E-state index < -0.39 is 0 Å². The van der Waals surface area contributed by atoms with Crippen molar-refractivity contribution in [3.63, 3.8) is 0 Å². The summed E-state index contributed by atoms with van der Waals surface area (Å²) in [5.74, 6) is 1.81. The van der Waals surface area contributed by atoms with Gasteiger partial charge in [-0.15, -0.1) is 0 Å². The largest absolute Gasteiger partial charge is 0.497 e. The summed E-state index contributed by atoms with van der Waals surface area (Å²) >= 11 is 0. The lowest BCUT2D eigenvalue weighted by Gasteiger charge is -2.14. The molecule has 0 aliphatic rings. The maximum absolute atomic E-state index is 12.6. The van der Waals surface area contributed by atoms with Crippen LogP contribution in [0, 0.1) is 6.92 Å². The third-order valence-corrected chi connectivity index (χ3v) is 4.83. The van der Waals surface area contributed by atoms with Gasteiger partial charge in [-0.25, -0.2) is 4.79 Å². The minimum atomic E-state index is -0.335. The molecule has 6 heteroatoms. The van der Waals surface area contributed by atoms with E-state index in [2.05, 4.69) is 4.57 Å². The molecule has 0 unspecified atom stereocenters. The Morgan fingerprint density at radius 3 is 2.29 bits per heavy atom. The summed E-state index contributed by atoms with van der Waals surface area (Å²) in [6.45, 7) is 4.59. The number of ether oxygens (including phenoxy) is 4. The molecule has 0 fully saturated rings. The fourth-order valence-corrected chi connectivity index (χ4v) is 3.41. The fourth-order valence-electron chi connectivity index (χ4n) is 3.41. The quantitative estimate of drug-likeness (QED) is 0.572. The summed E-state index contributed by atoms with van der Waals surface area (Å²) in [4.78, 5) is 12.6. The number of fused-ring (bicyclic) bond motifs is 1. The molecule has 28 heavy (non-hydrogen) atoms. The lowest BCUT2D eigenvalue weighted by Crippen LogP contribution is -2.08. The molecule has 1 aromatic heterocycles. The average molecular weight is 383 g/mol. The molecule has 6 nitrogen and oxygen atoms in total. The molecular weight excluding hydrogens is 358 g/mol. The average Bonchev–Trinajstić information content (AvgIpc) is 2.99. The maximum atomic E-state index is 12.6. The van der Waals surface area contributed by atoms with Crippen LogP contribution in [-0.4, -0.2) is 38.5 Å². The van der Waals surface area contributed by atoms with Crippen LogP contribution in [0.15, 0.2) is 36.4 Å². The Balaban J connectivity index is 2.16. The van der Waals surface area contributed by atoms with Gasteiger partial charge in [0.05, 0.1) is 40.0 Å². The molecule has 2 aromatic carbocycles. The number of carbonyl (C=O) groups is 1. The van der Waals surface area contributed by atoms with Crippen molar-refractivity contribution in [2.45, 2.75) is 20.4 Å². The van der Waals surface area contributed by atoms with Gasteiger partial charge in [0.2, 0.25) is 0 Å². The number of hydrogen-bond donors (Lipinski definition) is 0. The summed E-state index contributed by atoms with van der Waals surface area (Å²) in [6.07, 6.45) is 0. The van der Waals surface area contributed by atoms with Crippen LogP contribution >= 0.6 is 0 Å². The van der Waals surface area contributed by atoms with Crippen molar-refractivity contribution in [3.8, 4) is 17.2 Å². The third kappa shape index (κ3) is 3.50. The minimum absolute atomic E-state index is 0.321. The molecule has 0 aliphatic heterocycles. The predicted octanol–water partition coefficient (Wildman–Crippen LogP) is 4.20. The fraction of sp³-hybridized carbons (Fsp3) is 0.318. The van der Waals surface area contributed by atoms with E-state index >= 15 is 0 Å². The SMILES string of the molecule is CCOC(=O)c1c(C)n(Cc2ccc(OC)cc2OC)c2ccc(OC)cc12. The van der Waals surface area contributed by atoms with Crippen LogP contribution in [0.3, 0.4) is 0 Å². The molecule has 0 radical (unpaired) electrons. The molecule has 3 aromatic rings. The van der Waals surface area contributed by atoms with Gasteiger partial charge in [-0.1, -0.05) is 0 Å². The van der Waals surface area contributed by atoms with Crippen LogP contribution in [-0.2, 0) is 11.3 Å². The van der Waals surface area contributed by atoms with Gasteiger partial charge in [0.1, 0.15) is 17.2 Å². The predicted molar refractivity (Wildman–Crippen MR) is 108 cm³/mol. The van der Waals surface area contributed by atoms with Crippen LogP contribution in [0.5, 0.6) is 17.2 Å². The van der Waals surface area contributed by atoms with Crippen molar-refractivity contribution in [2.24, 2.45) is 0 Å². The van der Waals surface area contributed by atoms with Gasteiger partial charge < -0.3 is 23.5 Å². The minimum Gasteiger partial charge on any atom is -0.497 e. The molecule has 0 N–H and O–H groups in total. The zero-order chi connectivity index (χ0) is 20.3. The van der Waals surface area contributed by atoms with Crippen molar-refractivity contribution in [1.82, 2.24) is 4.57 Å². The molecule has 0 atom stereocenters. The van der Waals surface area contributed by atoms with E-state index in [-0.39, 0.29) is 5.97 Å². The van der Waals surface area contributed by atoms with Crippen molar-refractivity contribution < 1.29 is 23.7 Å². The zero-order valence-corrected chi connectivity index (χ0v) is 16.9. The highest BCUT2D eigenvalue weighted by molar-refractivity contribution is 6.06. The van der Waals surface area contributed by atoms with Crippen LogP contribution < -0.4 is 14.2 Å². The molecule has 0 saturated carbocycles. The van der Waals surface area contributed by atoms with Gasteiger partial charge in [-0.05, 0) is 44.2 Å². The molecule has 148 valence electrons. The van der Waals surface area contributed by atoms with Gasteiger partial charge in [-0.2, -0.15) is 0 Å². The summed E-state index contributed by atoms with van der Waals surface area (Å²) < 4.78 is 23.6. The maximum Gasteiger partial charge on any atom is 0.340 e. The number of hydrogen-bond acceptors (Lipinski definition) is 5. The van der Waals surface area contributed by atoms with Crippen molar-refractivity contribution in [2.75, 3.05) is 27.9 Å². The molecule has 0 saturated heterocycles. The van der Waals surface area contributed by atoms with Crippen LogP contribution in [0.25, 0.3) is 10.9 Å². The first-order chi connectivity index (χ1) is 13.5. The number of benzene rings is 2. The molecule has 3 rings (SSSR count). The Hall–Kier alpha value is -3.15. The summed E-state index contributed by atoms with van der Waals surface area (Å²) in [5, 5.41) is 0.808. The van der Waals surface area contributed by atoms with E-state index in [1.54, 1.807) is 28.3 Å². The van der Waals surface area contributed by atoms with Gasteiger partial charge in [0.15, 0.2) is 0 Å². The van der Waals surface area contributed by atoms with Gasteiger partial charge in [0, 0.05) is 28.2 Å². The molecule has 1 heterocycles. The summed E-state index contributed by atoms with van der Waals surface area (Å²) in [5.41, 5.74) is 3.30. The summed E-state index contributed by atoms with van der Waals surface area (Å²) in [6, 6.07) is 11.4. The van der Waals surface area contributed by atoms with E-state index in [4.69, 9.17) is 18.9 Å². The smallest absolute Gasteiger partial charge is 0.340 e. The second-order valence-electron chi connectivity index (χ2n) is 6.33. The van der Waals surface area contributed by atoms with Crippen molar-refractivity contribution in [3.05, 3.63) is 53.2 Å². The number of aromatic nitrogens is 1. The monoisotopic (exact) mass is 383 g/mol. The molecular formula is C22H25NO5. The first-order valence-electron chi connectivity index (χ1n) is 9.08. The second kappa shape index (κ2) is 8.25. The topological polar surface area (TPSA) is 58.9 Å². The van der Waals surface area contributed by atoms with E-state index in [1.165, 1.54) is 0 Å². The Kier molecular flexibility index (Phi) is 5.78. The van der Waals surface area contributed by atoms with Gasteiger partial charge >= 0.3 is 5.97 Å². The third-order valence-electron chi connectivity index (χ3n) is 4.83. The molecule has 0 aliphatic carbocycles. The highest BCUT2D eigenvalue weighted by Gasteiger charge is 2.22. The van der Waals surface area contributed by atoms with Crippen LogP contribution in [0.2, 0.25) is 0 Å². The lowest BCUT2D eigenvalue weighted by atomic mass is 10.1. The lowest BCUT2D eigenvalue weighted by molar-refractivity contribution is 0.0527. The second-order valence-corrected chi connectivity index (χ2v) is 6.33. The molecule has 0 bridgehead atoms. The van der Waals surface area contributed by atoms with Crippen molar-refractivity contribution >= 4 is 16.9 Å². The van der Waals surface area contributed by atoms with Crippen LogP contribution in [0.4, 0.5) is 0 Å². The molecule has 0 spiro atoms. The first-order valence-corrected chi connectivity index (χ1v) is 9.08. The van der Waals surface area contributed by atoms with Crippen molar-refractivity contribution in [1.29, 1.82) is 0 Å². The first kappa shape index (κ1) is 19.6. The number of esters is 1. The Morgan fingerprint density at radius 2 is 1.64 bits per heavy atom. The molecule has 0 amide bonds. The van der Waals surface area contributed by atoms with Crippen LogP contribution in [0.1, 0.15) is 28.5 Å². The Morgan fingerprint density at radius 1 is 0.964 bits per heavy atom. The zero-order valence-electron chi connectivity index (χ0n) is 16.9.